The molecule has 0 radical (unpaired) electrons. The molecular formula is C29H56N2O2. The van der Waals surface area contributed by atoms with Gasteiger partial charge in [-0.3, -0.25) is 9.59 Å². The van der Waals surface area contributed by atoms with Gasteiger partial charge >= 0.3 is 0 Å². The predicted molar refractivity (Wildman–Crippen MR) is 141 cm³/mol. The minimum atomic E-state index is -0.267. The Hall–Kier alpha value is -1.06. The molecular weight excluding hydrogens is 408 g/mol. The normalized spacial score (nSPS) is 18.0. The van der Waals surface area contributed by atoms with Gasteiger partial charge in [-0.25, -0.2) is 0 Å². The monoisotopic (exact) mass is 464 g/mol. The van der Waals surface area contributed by atoms with Gasteiger partial charge in [-0.2, -0.15) is 0 Å². The maximum absolute atomic E-state index is 12.6. The van der Waals surface area contributed by atoms with Gasteiger partial charge in [0.25, 0.3) is 0 Å². The largest absolute Gasteiger partial charge is 0.337 e. The van der Waals surface area contributed by atoms with E-state index in [0.29, 0.717) is 41.8 Å². The molecule has 0 aromatic carbocycles. The van der Waals surface area contributed by atoms with Gasteiger partial charge in [0.1, 0.15) is 0 Å². The molecule has 2 saturated carbocycles. The van der Waals surface area contributed by atoms with Crippen molar-refractivity contribution in [1.82, 2.24) is 9.80 Å². The first-order chi connectivity index (χ1) is 14.8. The Balaban J connectivity index is 0.000000331. The quantitative estimate of drug-likeness (QED) is 0.378. The van der Waals surface area contributed by atoms with Crippen LogP contribution in [-0.4, -0.2) is 45.3 Å². The third-order valence-corrected chi connectivity index (χ3v) is 6.44. The summed E-state index contributed by atoms with van der Waals surface area (Å²) in [5.74, 6) is 1.91. The maximum Gasteiger partial charge on any atom is 0.228 e. The van der Waals surface area contributed by atoms with Crippen molar-refractivity contribution in [2.75, 3.05) is 0 Å². The van der Waals surface area contributed by atoms with Crippen LogP contribution in [0.25, 0.3) is 0 Å². The summed E-state index contributed by atoms with van der Waals surface area (Å²) in [6.45, 7) is 27.7. The molecule has 0 N–H and O–H groups in total. The third kappa shape index (κ3) is 9.61. The fourth-order valence-electron chi connectivity index (χ4n) is 4.99. The molecule has 0 aromatic rings. The van der Waals surface area contributed by atoms with Crippen molar-refractivity contribution in [1.29, 1.82) is 0 Å². The standard InChI is InChI=1S/C15H29NO.C14H27NO/c1-11(2)10-15(6,7)16(12-8-9-12)13(17)14(3,4)5;1-10(2)9-11(3)15(12-7-8-12)13(16)14(4,5)6/h11-12H,8-10H2,1-7H3;10-12H,7-9H2,1-6H3/t;11-/m.1/s1. The molecule has 33 heavy (non-hydrogen) atoms. The number of hydrogen-bond acceptors (Lipinski definition) is 2. The van der Waals surface area contributed by atoms with Crippen LogP contribution in [0.5, 0.6) is 0 Å². The van der Waals surface area contributed by atoms with Crippen molar-refractivity contribution in [2.24, 2.45) is 22.7 Å². The van der Waals surface area contributed by atoms with Crippen molar-refractivity contribution in [2.45, 2.75) is 152 Å². The number of amides is 2. The molecule has 2 rings (SSSR count). The summed E-state index contributed by atoms with van der Waals surface area (Å²) in [5.41, 5.74) is -0.523. The molecule has 2 aliphatic carbocycles. The molecule has 0 aromatic heterocycles. The van der Waals surface area contributed by atoms with Crippen molar-refractivity contribution in [3.63, 3.8) is 0 Å². The fourth-order valence-corrected chi connectivity index (χ4v) is 4.99. The molecule has 0 aliphatic heterocycles. The third-order valence-electron chi connectivity index (χ3n) is 6.44. The average molecular weight is 465 g/mol. The van der Waals surface area contributed by atoms with E-state index in [2.05, 4.69) is 58.3 Å². The SMILES string of the molecule is CC(C)CC(C)(C)N(C(=O)C(C)(C)C)C1CC1.CC(C)C[C@@H](C)N(C(=O)C(C)(C)C)C1CC1. The molecule has 2 amide bonds. The highest BCUT2D eigenvalue weighted by Gasteiger charge is 2.45. The molecule has 0 spiro atoms. The van der Waals surface area contributed by atoms with E-state index in [1.807, 2.05) is 41.5 Å². The molecule has 0 saturated heterocycles. The molecule has 0 bridgehead atoms. The fraction of sp³-hybridized carbons (Fsp3) is 0.931. The lowest BCUT2D eigenvalue weighted by Crippen LogP contribution is -2.53. The van der Waals surface area contributed by atoms with E-state index in [1.165, 1.54) is 25.7 Å². The minimum absolute atomic E-state index is 0.0142. The second kappa shape index (κ2) is 11.1. The summed E-state index contributed by atoms with van der Waals surface area (Å²) in [6.07, 6.45) is 6.95. The summed E-state index contributed by atoms with van der Waals surface area (Å²) >= 11 is 0. The first kappa shape index (κ1) is 30.0. The Morgan fingerprint density at radius 2 is 1.12 bits per heavy atom. The Morgan fingerprint density at radius 3 is 1.42 bits per heavy atom. The molecule has 4 nitrogen and oxygen atoms in total. The van der Waals surface area contributed by atoms with Crippen LogP contribution in [0.2, 0.25) is 0 Å². The van der Waals surface area contributed by atoms with Crippen molar-refractivity contribution in [3.8, 4) is 0 Å². The van der Waals surface area contributed by atoms with E-state index in [9.17, 15) is 9.59 Å². The van der Waals surface area contributed by atoms with Gasteiger partial charge in [-0.1, -0.05) is 69.2 Å². The highest BCUT2D eigenvalue weighted by Crippen LogP contribution is 2.39. The van der Waals surface area contributed by atoms with Gasteiger partial charge in [0, 0.05) is 34.5 Å². The first-order valence-electron chi connectivity index (χ1n) is 13.5. The number of rotatable bonds is 8. The van der Waals surface area contributed by atoms with Crippen LogP contribution in [0.3, 0.4) is 0 Å². The highest BCUT2D eigenvalue weighted by molar-refractivity contribution is 5.83. The van der Waals surface area contributed by atoms with E-state index < -0.39 is 0 Å². The van der Waals surface area contributed by atoms with Gasteiger partial charge in [-0.15, -0.1) is 0 Å². The summed E-state index contributed by atoms with van der Waals surface area (Å²) in [4.78, 5) is 29.3. The Kier molecular flexibility index (Phi) is 10.1. The Labute approximate surface area is 206 Å². The lowest BCUT2D eigenvalue weighted by Gasteiger charge is -2.43. The smallest absolute Gasteiger partial charge is 0.228 e. The van der Waals surface area contributed by atoms with E-state index >= 15 is 0 Å². The zero-order valence-corrected chi connectivity index (χ0v) is 24.3. The molecule has 2 aliphatic rings. The topological polar surface area (TPSA) is 40.6 Å². The van der Waals surface area contributed by atoms with E-state index in [-0.39, 0.29) is 16.4 Å². The summed E-state index contributed by atoms with van der Waals surface area (Å²) in [6, 6.07) is 1.41. The molecule has 0 heterocycles. The van der Waals surface area contributed by atoms with Crippen LogP contribution >= 0.6 is 0 Å². The number of carbonyl (C=O) groups excluding carboxylic acids is 2. The molecule has 4 heteroatoms. The maximum atomic E-state index is 12.6. The predicted octanol–water partition coefficient (Wildman–Crippen LogP) is 7.31. The molecule has 1 atom stereocenters. The summed E-state index contributed by atoms with van der Waals surface area (Å²) in [7, 11) is 0. The van der Waals surface area contributed by atoms with E-state index in [1.54, 1.807) is 0 Å². The zero-order chi connectivity index (χ0) is 25.9. The molecule has 194 valence electrons. The van der Waals surface area contributed by atoms with Crippen LogP contribution in [0.15, 0.2) is 0 Å². The highest BCUT2D eigenvalue weighted by atomic mass is 16.2. The first-order valence-corrected chi connectivity index (χ1v) is 13.5. The van der Waals surface area contributed by atoms with Crippen LogP contribution in [0.1, 0.15) is 129 Å². The zero-order valence-electron chi connectivity index (χ0n) is 24.3. The van der Waals surface area contributed by atoms with Gasteiger partial charge in [-0.05, 0) is 71.1 Å². The molecule has 2 fully saturated rings. The summed E-state index contributed by atoms with van der Waals surface area (Å²) < 4.78 is 0. The number of carbonyl (C=O) groups is 2. The van der Waals surface area contributed by atoms with Crippen LogP contribution in [0.4, 0.5) is 0 Å². The number of hydrogen-bond donors (Lipinski definition) is 0. The van der Waals surface area contributed by atoms with E-state index in [4.69, 9.17) is 0 Å². The van der Waals surface area contributed by atoms with Gasteiger partial charge in [0.05, 0.1) is 0 Å². The molecule has 0 unspecified atom stereocenters. The van der Waals surface area contributed by atoms with E-state index in [0.717, 1.165) is 12.8 Å². The van der Waals surface area contributed by atoms with Crippen molar-refractivity contribution < 1.29 is 9.59 Å². The van der Waals surface area contributed by atoms with Gasteiger partial charge in [0.2, 0.25) is 11.8 Å². The lowest BCUT2D eigenvalue weighted by atomic mass is 9.86. The average Bonchev–Trinajstić information content (AvgIpc) is 3.46. The van der Waals surface area contributed by atoms with Gasteiger partial charge < -0.3 is 9.80 Å². The van der Waals surface area contributed by atoms with Crippen molar-refractivity contribution >= 4 is 11.8 Å². The Bertz CT molecular complexity index is 644. The second-order valence-corrected chi connectivity index (χ2v) is 14.2. The van der Waals surface area contributed by atoms with Gasteiger partial charge in [0.15, 0.2) is 0 Å². The number of nitrogens with zero attached hydrogens (tertiary/aromatic N) is 2. The minimum Gasteiger partial charge on any atom is -0.337 e. The Morgan fingerprint density at radius 1 is 0.697 bits per heavy atom. The van der Waals surface area contributed by atoms with Crippen LogP contribution < -0.4 is 0 Å². The second-order valence-electron chi connectivity index (χ2n) is 14.2. The van der Waals surface area contributed by atoms with Crippen LogP contribution in [-0.2, 0) is 9.59 Å². The summed E-state index contributed by atoms with van der Waals surface area (Å²) in [5, 5.41) is 0. The van der Waals surface area contributed by atoms with Crippen LogP contribution in [0, 0.1) is 22.7 Å². The van der Waals surface area contributed by atoms with Crippen molar-refractivity contribution in [3.05, 3.63) is 0 Å². The lowest BCUT2D eigenvalue weighted by molar-refractivity contribution is -0.146.